The van der Waals surface area contributed by atoms with Crippen molar-refractivity contribution in [3.63, 3.8) is 0 Å². The van der Waals surface area contributed by atoms with Crippen molar-refractivity contribution in [1.29, 1.82) is 5.26 Å². The molecule has 0 aromatic heterocycles. The first kappa shape index (κ1) is 14.3. The maximum Gasteiger partial charge on any atom is 0.261 e. The number of ether oxygens (including phenoxy) is 1. The highest BCUT2D eigenvalue weighted by atomic mass is 19.3. The smallest absolute Gasteiger partial charge is 0.261 e. The molecule has 0 saturated carbocycles. The van der Waals surface area contributed by atoms with E-state index < -0.39 is 18.6 Å². The predicted molar refractivity (Wildman–Crippen MR) is 53.7 cm³/mol. The van der Waals surface area contributed by atoms with Crippen LogP contribution in [0.25, 0.3) is 0 Å². The lowest BCUT2D eigenvalue weighted by Crippen LogP contribution is -2.45. The molecule has 15 heavy (non-hydrogen) atoms. The minimum Gasteiger partial charge on any atom is -0.375 e. The van der Waals surface area contributed by atoms with Crippen molar-refractivity contribution in [3.05, 3.63) is 0 Å². The summed E-state index contributed by atoms with van der Waals surface area (Å²) in [5.41, 5.74) is -0.712. The van der Waals surface area contributed by atoms with E-state index in [1.165, 1.54) is 0 Å². The Balaban J connectivity index is 3.84. The second-order valence-electron chi connectivity index (χ2n) is 3.96. The lowest BCUT2D eigenvalue weighted by Gasteiger charge is -2.25. The Bertz CT molecular complexity index is 216. The van der Waals surface area contributed by atoms with Gasteiger partial charge in [0.25, 0.3) is 6.43 Å². The van der Waals surface area contributed by atoms with E-state index in [1.54, 1.807) is 6.92 Å². The predicted octanol–water partition coefficient (Wildman–Crippen LogP) is 1.94. The normalized spacial score (nSPS) is 15.3. The van der Waals surface area contributed by atoms with Gasteiger partial charge in [-0.25, -0.2) is 8.78 Å². The molecule has 0 aromatic carbocycles. The van der Waals surface area contributed by atoms with E-state index in [0.29, 0.717) is 6.42 Å². The molecule has 0 amide bonds. The van der Waals surface area contributed by atoms with E-state index in [4.69, 9.17) is 10.00 Å². The molecule has 0 aliphatic carbocycles. The summed E-state index contributed by atoms with van der Waals surface area (Å²) in [6.45, 7) is 5.18. The first-order chi connectivity index (χ1) is 6.89. The van der Waals surface area contributed by atoms with Crippen LogP contribution >= 0.6 is 0 Å². The highest BCUT2D eigenvalue weighted by molar-refractivity contribution is 5.04. The minimum absolute atomic E-state index is 0.161. The second-order valence-corrected chi connectivity index (χ2v) is 3.96. The van der Waals surface area contributed by atoms with Gasteiger partial charge in [-0.1, -0.05) is 0 Å². The van der Waals surface area contributed by atoms with E-state index in [9.17, 15) is 8.78 Å². The van der Waals surface area contributed by atoms with Crippen molar-refractivity contribution >= 4 is 0 Å². The third-order valence-corrected chi connectivity index (χ3v) is 1.84. The topological polar surface area (TPSA) is 45.0 Å². The van der Waals surface area contributed by atoms with Gasteiger partial charge in [-0.15, -0.1) is 0 Å². The summed E-state index contributed by atoms with van der Waals surface area (Å²) in [6, 6.07) is 2.29. The summed E-state index contributed by atoms with van der Waals surface area (Å²) < 4.78 is 28.2. The van der Waals surface area contributed by atoms with Gasteiger partial charge >= 0.3 is 0 Å². The van der Waals surface area contributed by atoms with Crippen molar-refractivity contribution < 1.29 is 13.5 Å². The Morgan fingerprint density at radius 1 is 1.47 bits per heavy atom. The molecule has 0 aliphatic rings. The van der Waals surface area contributed by atoms with Crippen molar-refractivity contribution in [2.45, 2.75) is 45.2 Å². The van der Waals surface area contributed by atoms with E-state index in [0.717, 1.165) is 0 Å². The monoisotopic (exact) mass is 220 g/mol. The van der Waals surface area contributed by atoms with Crippen LogP contribution in [0.15, 0.2) is 0 Å². The van der Waals surface area contributed by atoms with Gasteiger partial charge in [-0.3, -0.25) is 5.32 Å². The molecule has 0 radical (unpaired) electrons. The standard InChI is InChI=1S/C10H18F2N2O/c1-8(2)14-10(3,7-13)4-5-15-6-9(11)12/h8-9,14H,4-6H2,1-3H3. The Hall–Kier alpha value is -0.730. The Morgan fingerprint density at radius 2 is 2.07 bits per heavy atom. The van der Waals surface area contributed by atoms with Crippen LogP contribution in [0.4, 0.5) is 8.78 Å². The molecule has 0 heterocycles. The molecule has 5 heteroatoms. The summed E-state index contributed by atoms with van der Waals surface area (Å²) in [5.74, 6) is 0. The van der Waals surface area contributed by atoms with Crippen LogP contribution in [0.3, 0.4) is 0 Å². The van der Waals surface area contributed by atoms with E-state index in [2.05, 4.69) is 11.4 Å². The molecular weight excluding hydrogens is 202 g/mol. The molecule has 0 saturated heterocycles. The zero-order valence-corrected chi connectivity index (χ0v) is 9.39. The number of nitrogens with one attached hydrogen (secondary N) is 1. The van der Waals surface area contributed by atoms with Crippen LogP contribution < -0.4 is 5.32 Å². The van der Waals surface area contributed by atoms with E-state index in [-0.39, 0.29) is 12.6 Å². The number of alkyl halides is 2. The van der Waals surface area contributed by atoms with Gasteiger partial charge < -0.3 is 4.74 Å². The van der Waals surface area contributed by atoms with Gasteiger partial charge in [0.1, 0.15) is 12.1 Å². The molecule has 0 bridgehead atoms. The summed E-state index contributed by atoms with van der Waals surface area (Å²) in [6.07, 6.45) is -2.05. The second kappa shape index (κ2) is 6.70. The maximum atomic E-state index is 11.7. The van der Waals surface area contributed by atoms with E-state index >= 15 is 0 Å². The first-order valence-corrected chi connectivity index (χ1v) is 4.94. The lowest BCUT2D eigenvalue weighted by atomic mass is 9.99. The number of hydrogen-bond donors (Lipinski definition) is 1. The highest BCUT2D eigenvalue weighted by Crippen LogP contribution is 2.10. The molecule has 0 fully saturated rings. The average Bonchev–Trinajstić information content (AvgIpc) is 2.11. The fourth-order valence-corrected chi connectivity index (χ4v) is 1.25. The summed E-state index contributed by atoms with van der Waals surface area (Å²) in [4.78, 5) is 0. The van der Waals surface area contributed by atoms with Gasteiger partial charge in [0.2, 0.25) is 0 Å². The lowest BCUT2D eigenvalue weighted by molar-refractivity contribution is 0.0124. The quantitative estimate of drug-likeness (QED) is 0.667. The first-order valence-electron chi connectivity index (χ1n) is 4.94. The molecule has 1 N–H and O–H groups in total. The zero-order chi connectivity index (χ0) is 11.9. The fraction of sp³-hybridized carbons (Fsp3) is 0.900. The van der Waals surface area contributed by atoms with Gasteiger partial charge in [-0.2, -0.15) is 5.26 Å². The molecule has 88 valence electrons. The number of rotatable bonds is 7. The average molecular weight is 220 g/mol. The third-order valence-electron chi connectivity index (χ3n) is 1.84. The number of nitrogens with zero attached hydrogens (tertiary/aromatic N) is 1. The van der Waals surface area contributed by atoms with E-state index in [1.807, 2.05) is 13.8 Å². The van der Waals surface area contributed by atoms with Gasteiger partial charge in [-0.05, 0) is 20.8 Å². The molecule has 0 aliphatic heterocycles. The SMILES string of the molecule is CC(C)NC(C)(C#N)CCOCC(F)F. The largest absolute Gasteiger partial charge is 0.375 e. The van der Waals surface area contributed by atoms with Crippen LogP contribution in [-0.4, -0.2) is 31.2 Å². The third kappa shape index (κ3) is 7.23. The number of hydrogen-bond acceptors (Lipinski definition) is 3. The van der Waals surface area contributed by atoms with Crippen molar-refractivity contribution in [1.82, 2.24) is 5.32 Å². The molecule has 0 aromatic rings. The summed E-state index contributed by atoms with van der Waals surface area (Å²) in [5, 5.41) is 12.0. The zero-order valence-electron chi connectivity index (χ0n) is 9.39. The van der Waals surface area contributed by atoms with Crippen LogP contribution in [-0.2, 0) is 4.74 Å². The fourth-order valence-electron chi connectivity index (χ4n) is 1.25. The summed E-state index contributed by atoms with van der Waals surface area (Å²) >= 11 is 0. The highest BCUT2D eigenvalue weighted by Gasteiger charge is 2.23. The Labute approximate surface area is 89.4 Å². The molecular formula is C10H18F2N2O. The van der Waals surface area contributed by atoms with Gasteiger partial charge in [0.15, 0.2) is 0 Å². The Kier molecular flexibility index (Phi) is 6.37. The minimum atomic E-state index is -2.45. The maximum absolute atomic E-state index is 11.7. The van der Waals surface area contributed by atoms with Gasteiger partial charge in [0.05, 0.1) is 6.07 Å². The van der Waals surface area contributed by atoms with Crippen molar-refractivity contribution in [2.24, 2.45) is 0 Å². The molecule has 0 rings (SSSR count). The van der Waals surface area contributed by atoms with Gasteiger partial charge in [0, 0.05) is 19.1 Å². The van der Waals surface area contributed by atoms with Crippen LogP contribution in [0.1, 0.15) is 27.2 Å². The molecule has 1 atom stereocenters. The number of halogens is 2. The van der Waals surface area contributed by atoms with Crippen molar-refractivity contribution in [3.8, 4) is 6.07 Å². The van der Waals surface area contributed by atoms with Crippen LogP contribution in [0, 0.1) is 11.3 Å². The van der Waals surface area contributed by atoms with Crippen LogP contribution in [0.5, 0.6) is 0 Å². The molecule has 3 nitrogen and oxygen atoms in total. The van der Waals surface area contributed by atoms with Crippen molar-refractivity contribution in [2.75, 3.05) is 13.2 Å². The Morgan fingerprint density at radius 3 is 2.47 bits per heavy atom. The number of nitriles is 1. The van der Waals surface area contributed by atoms with Crippen LogP contribution in [0.2, 0.25) is 0 Å². The summed E-state index contributed by atoms with van der Waals surface area (Å²) in [7, 11) is 0. The molecule has 0 spiro atoms. The molecule has 1 unspecified atom stereocenters.